The molecule has 5 heteroatoms. The average molecular weight is 248 g/mol. The monoisotopic (exact) mass is 248 g/mol. The molecule has 0 spiro atoms. The van der Waals surface area contributed by atoms with Crippen molar-refractivity contribution in [3.8, 4) is 11.4 Å². The molecule has 0 atom stereocenters. The first-order chi connectivity index (χ1) is 8.61. The van der Waals surface area contributed by atoms with Crippen LogP contribution in [0.25, 0.3) is 11.4 Å². The topological polar surface area (TPSA) is 55.1 Å². The van der Waals surface area contributed by atoms with E-state index in [4.69, 9.17) is 5.11 Å². The molecule has 2 rings (SSSR count). The second-order valence-electron chi connectivity index (χ2n) is 3.98. The van der Waals surface area contributed by atoms with Crippen LogP contribution in [-0.2, 0) is 6.54 Å². The highest BCUT2D eigenvalue weighted by Crippen LogP contribution is 2.21. The van der Waals surface area contributed by atoms with Gasteiger partial charge in [-0.1, -0.05) is 6.92 Å². The standard InChI is InChI=1S/C13H13FN2O2/c1-2-4-16-5-3-15-12(16)9-6-10(13(17)18)8-11(14)7-9/h3,5-8H,2,4H2,1H3,(H,17,18). The zero-order chi connectivity index (χ0) is 13.1. The van der Waals surface area contributed by atoms with Crippen molar-refractivity contribution in [2.75, 3.05) is 0 Å². The number of benzene rings is 1. The maximum absolute atomic E-state index is 13.4. The normalized spacial score (nSPS) is 10.6. The maximum atomic E-state index is 13.4. The van der Waals surface area contributed by atoms with Crippen LogP contribution in [0.1, 0.15) is 23.7 Å². The average Bonchev–Trinajstić information content (AvgIpc) is 2.77. The fraction of sp³-hybridized carbons (Fsp3) is 0.231. The van der Waals surface area contributed by atoms with Crippen molar-refractivity contribution >= 4 is 5.97 Å². The van der Waals surface area contributed by atoms with Gasteiger partial charge in [-0.2, -0.15) is 0 Å². The van der Waals surface area contributed by atoms with Gasteiger partial charge in [-0.05, 0) is 24.6 Å². The molecule has 4 nitrogen and oxygen atoms in total. The lowest BCUT2D eigenvalue weighted by atomic mass is 10.1. The van der Waals surface area contributed by atoms with E-state index >= 15 is 0 Å². The number of carbonyl (C=O) groups is 1. The number of halogens is 1. The van der Waals surface area contributed by atoms with Gasteiger partial charge in [0.15, 0.2) is 0 Å². The van der Waals surface area contributed by atoms with Gasteiger partial charge < -0.3 is 9.67 Å². The van der Waals surface area contributed by atoms with Crippen molar-refractivity contribution in [1.82, 2.24) is 9.55 Å². The van der Waals surface area contributed by atoms with E-state index in [0.29, 0.717) is 11.4 Å². The van der Waals surface area contributed by atoms with Crippen molar-refractivity contribution in [2.24, 2.45) is 0 Å². The summed E-state index contributed by atoms with van der Waals surface area (Å²) < 4.78 is 15.3. The second-order valence-corrected chi connectivity index (χ2v) is 3.98. The van der Waals surface area contributed by atoms with Gasteiger partial charge in [0.05, 0.1) is 5.56 Å². The zero-order valence-electron chi connectivity index (χ0n) is 9.93. The van der Waals surface area contributed by atoms with Gasteiger partial charge in [-0.3, -0.25) is 0 Å². The van der Waals surface area contributed by atoms with Gasteiger partial charge in [0.2, 0.25) is 0 Å². The number of hydrogen-bond acceptors (Lipinski definition) is 2. The second kappa shape index (κ2) is 5.00. The third-order valence-electron chi connectivity index (χ3n) is 2.58. The van der Waals surface area contributed by atoms with Crippen molar-refractivity contribution in [3.63, 3.8) is 0 Å². The van der Waals surface area contributed by atoms with Crippen LogP contribution < -0.4 is 0 Å². The summed E-state index contributed by atoms with van der Waals surface area (Å²) in [7, 11) is 0. The molecule has 0 radical (unpaired) electrons. The third kappa shape index (κ3) is 2.40. The molecule has 0 amide bonds. The molecule has 18 heavy (non-hydrogen) atoms. The molecule has 1 N–H and O–H groups in total. The minimum Gasteiger partial charge on any atom is -0.478 e. The molecule has 0 aliphatic rings. The highest BCUT2D eigenvalue weighted by atomic mass is 19.1. The molecule has 0 aliphatic heterocycles. The molecular formula is C13H13FN2O2. The Morgan fingerprint density at radius 3 is 2.89 bits per heavy atom. The Morgan fingerprint density at radius 2 is 2.22 bits per heavy atom. The van der Waals surface area contributed by atoms with Crippen molar-refractivity contribution in [2.45, 2.75) is 19.9 Å². The molecule has 1 aromatic carbocycles. The van der Waals surface area contributed by atoms with Gasteiger partial charge in [-0.25, -0.2) is 14.2 Å². The van der Waals surface area contributed by atoms with E-state index in [1.165, 1.54) is 12.1 Å². The smallest absolute Gasteiger partial charge is 0.335 e. The summed E-state index contributed by atoms with van der Waals surface area (Å²) >= 11 is 0. The molecule has 0 aliphatic carbocycles. The summed E-state index contributed by atoms with van der Waals surface area (Å²) in [5.74, 6) is -1.14. The maximum Gasteiger partial charge on any atom is 0.335 e. The van der Waals surface area contributed by atoms with Crippen LogP contribution in [0.3, 0.4) is 0 Å². The molecule has 0 saturated heterocycles. The molecule has 0 bridgehead atoms. The highest BCUT2D eigenvalue weighted by Gasteiger charge is 2.11. The fourth-order valence-corrected chi connectivity index (χ4v) is 1.83. The summed E-state index contributed by atoms with van der Waals surface area (Å²) in [5.41, 5.74) is 0.405. The van der Waals surface area contributed by atoms with Crippen molar-refractivity contribution < 1.29 is 14.3 Å². The molecular weight excluding hydrogens is 235 g/mol. The van der Waals surface area contributed by atoms with E-state index in [2.05, 4.69) is 4.98 Å². The van der Waals surface area contributed by atoms with E-state index < -0.39 is 11.8 Å². The first kappa shape index (κ1) is 12.3. The number of nitrogens with zero attached hydrogens (tertiary/aromatic N) is 2. The number of rotatable bonds is 4. The Balaban J connectivity index is 2.49. The summed E-state index contributed by atoms with van der Waals surface area (Å²) in [4.78, 5) is 15.0. The van der Waals surface area contributed by atoms with Gasteiger partial charge in [-0.15, -0.1) is 0 Å². The lowest BCUT2D eigenvalue weighted by Gasteiger charge is -2.07. The van der Waals surface area contributed by atoms with Crippen molar-refractivity contribution in [1.29, 1.82) is 0 Å². The van der Waals surface area contributed by atoms with E-state index in [9.17, 15) is 9.18 Å². The fourth-order valence-electron chi connectivity index (χ4n) is 1.83. The quantitative estimate of drug-likeness (QED) is 0.905. The lowest BCUT2D eigenvalue weighted by molar-refractivity contribution is 0.0696. The zero-order valence-corrected chi connectivity index (χ0v) is 9.93. The van der Waals surface area contributed by atoms with E-state index in [1.807, 2.05) is 11.5 Å². The van der Waals surface area contributed by atoms with Crippen LogP contribution in [0.4, 0.5) is 4.39 Å². The Kier molecular flexibility index (Phi) is 3.41. The van der Waals surface area contributed by atoms with Crippen LogP contribution in [0, 0.1) is 5.82 Å². The number of imidazole rings is 1. The van der Waals surface area contributed by atoms with Crippen LogP contribution in [0.2, 0.25) is 0 Å². The third-order valence-corrected chi connectivity index (χ3v) is 2.58. The first-order valence-electron chi connectivity index (χ1n) is 5.67. The molecule has 1 heterocycles. The number of aromatic carboxylic acids is 1. The van der Waals surface area contributed by atoms with Gasteiger partial charge in [0.25, 0.3) is 0 Å². The van der Waals surface area contributed by atoms with Crippen LogP contribution >= 0.6 is 0 Å². The van der Waals surface area contributed by atoms with E-state index in [0.717, 1.165) is 19.0 Å². The Hall–Kier alpha value is -2.17. The molecule has 0 saturated carbocycles. The van der Waals surface area contributed by atoms with Gasteiger partial charge in [0.1, 0.15) is 11.6 Å². The molecule has 0 unspecified atom stereocenters. The Morgan fingerprint density at radius 1 is 1.44 bits per heavy atom. The molecule has 1 aromatic heterocycles. The number of carboxylic acid groups (broad SMARTS) is 1. The Labute approximate surface area is 104 Å². The summed E-state index contributed by atoms with van der Waals surface area (Å²) in [6.07, 6.45) is 4.34. The number of aromatic nitrogens is 2. The number of aryl methyl sites for hydroxylation is 1. The Bertz CT molecular complexity index is 578. The molecule has 94 valence electrons. The minimum atomic E-state index is -1.15. The van der Waals surface area contributed by atoms with Gasteiger partial charge >= 0.3 is 5.97 Å². The number of hydrogen-bond donors (Lipinski definition) is 1. The van der Waals surface area contributed by atoms with Gasteiger partial charge in [0, 0.05) is 24.5 Å². The predicted octanol–water partition coefficient (Wildman–Crippen LogP) is 2.80. The molecule has 0 fully saturated rings. The lowest BCUT2D eigenvalue weighted by Crippen LogP contribution is -2.01. The van der Waals surface area contributed by atoms with E-state index in [-0.39, 0.29) is 5.56 Å². The molecule has 2 aromatic rings. The predicted molar refractivity (Wildman–Crippen MR) is 64.9 cm³/mol. The van der Waals surface area contributed by atoms with Crippen molar-refractivity contribution in [3.05, 3.63) is 42.0 Å². The summed E-state index contributed by atoms with van der Waals surface area (Å²) in [5, 5.41) is 8.91. The summed E-state index contributed by atoms with van der Waals surface area (Å²) in [6.45, 7) is 2.78. The highest BCUT2D eigenvalue weighted by molar-refractivity contribution is 5.89. The minimum absolute atomic E-state index is 0.0731. The largest absolute Gasteiger partial charge is 0.478 e. The SMILES string of the molecule is CCCn1ccnc1-c1cc(F)cc(C(=O)O)c1. The first-order valence-corrected chi connectivity index (χ1v) is 5.67. The van der Waals surface area contributed by atoms with Crippen LogP contribution in [0.5, 0.6) is 0 Å². The van der Waals surface area contributed by atoms with Crippen LogP contribution in [0.15, 0.2) is 30.6 Å². The number of carboxylic acids is 1. The van der Waals surface area contributed by atoms with E-state index in [1.54, 1.807) is 12.4 Å². The van der Waals surface area contributed by atoms with Crippen LogP contribution in [-0.4, -0.2) is 20.6 Å². The summed E-state index contributed by atoms with van der Waals surface area (Å²) in [6, 6.07) is 3.72.